The van der Waals surface area contributed by atoms with Gasteiger partial charge in [-0.25, -0.2) is 0 Å². The number of halogens is 2. The third kappa shape index (κ3) is 4.68. The fourth-order valence-corrected chi connectivity index (χ4v) is 2.77. The molecule has 0 radical (unpaired) electrons. The first-order valence-electron chi connectivity index (χ1n) is 5.00. The summed E-state index contributed by atoms with van der Waals surface area (Å²) in [6, 6.07) is 2.44. The fraction of sp³-hybridized carbons (Fsp3) is 0.455. The van der Waals surface area contributed by atoms with Crippen molar-refractivity contribution in [3.8, 4) is 0 Å². The van der Waals surface area contributed by atoms with Gasteiger partial charge in [0, 0.05) is 15.4 Å². The fourth-order valence-electron chi connectivity index (χ4n) is 1.12. The molecule has 1 unspecified atom stereocenters. The van der Waals surface area contributed by atoms with E-state index in [0.29, 0.717) is 6.04 Å². The minimum absolute atomic E-state index is 0.407. The van der Waals surface area contributed by atoms with E-state index in [4.69, 9.17) is 11.6 Å². The van der Waals surface area contributed by atoms with Crippen LogP contribution < -0.4 is 5.32 Å². The maximum atomic E-state index is 5.95. The molecule has 1 aromatic heterocycles. The van der Waals surface area contributed by atoms with Gasteiger partial charge in [-0.2, -0.15) is 0 Å². The number of rotatable bonds is 5. The molecule has 0 bridgehead atoms. The van der Waals surface area contributed by atoms with Crippen molar-refractivity contribution in [3.63, 3.8) is 0 Å². The predicted octanol–water partition coefficient (Wildman–Crippen LogP) is 4.57. The monoisotopic (exact) mass is 307 g/mol. The summed E-state index contributed by atoms with van der Waals surface area (Å²) in [5.41, 5.74) is 0. The van der Waals surface area contributed by atoms with Gasteiger partial charge in [-0.15, -0.1) is 11.3 Å². The molecule has 1 heterocycles. The Kier molecular flexibility index (Phi) is 5.90. The molecule has 0 spiro atoms. The average Bonchev–Trinajstić information content (AvgIpc) is 2.52. The first kappa shape index (κ1) is 13.2. The van der Waals surface area contributed by atoms with E-state index >= 15 is 0 Å². The second-order valence-corrected chi connectivity index (χ2v) is 5.91. The lowest BCUT2D eigenvalue weighted by Crippen LogP contribution is -2.24. The largest absolute Gasteiger partial charge is 0.311 e. The minimum atomic E-state index is 0.407. The Morgan fingerprint density at radius 2 is 2.40 bits per heavy atom. The summed E-state index contributed by atoms with van der Waals surface area (Å²) in [4.78, 5) is 1.18. The van der Waals surface area contributed by atoms with E-state index < -0.39 is 0 Å². The Balaban J connectivity index is 2.49. The molecule has 0 aliphatic heterocycles. The predicted molar refractivity (Wildman–Crippen MR) is 73.8 cm³/mol. The van der Waals surface area contributed by atoms with Gasteiger partial charge in [0.05, 0.1) is 0 Å². The highest BCUT2D eigenvalue weighted by atomic mass is 79.9. The van der Waals surface area contributed by atoms with Crippen molar-refractivity contribution in [1.82, 2.24) is 5.32 Å². The topological polar surface area (TPSA) is 12.0 Å². The van der Waals surface area contributed by atoms with Crippen LogP contribution in [0.4, 0.5) is 0 Å². The Morgan fingerprint density at radius 3 is 2.93 bits per heavy atom. The Labute approximate surface area is 109 Å². The van der Waals surface area contributed by atoms with E-state index in [1.165, 1.54) is 4.88 Å². The molecular weight excluding hydrogens is 294 g/mol. The molecular formula is C11H15BrClNS. The van der Waals surface area contributed by atoms with Gasteiger partial charge in [0.15, 0.2) is 0 Å². The number of hydrogen-bond donors (Lipinski definition) is 1. The van der Waals surface area contributed by atoms with Crippen molar-refractivity contribution in [2.24, 2.45) is 0 Å². The van der Waals surface area contributed by atoms with E-state index in [0.717, 1.165) is 21.8 Å². The molecule has 1 aromatic rings. The number of thiophene rings is 1. The zero-order valence-electron chi connectivity index (χ0n) is 8.89. The van der Waals surface area contributed by atoms with Gasteiger partial charge >= 0.3 is 0 Å². The third-order valence-corrected chi connectivity index (χ3v) is 4.37. The van der Waals surface area contributed by atoms with Crippen LogP contribution in [-0.4, -0.2) is 12.6 Å². The summed E-state index contributed by atoms with van der Waals surface area (Å²) >= 11 is 10.9. The smallest absolute Gasteiger partial charge is 0.108 e. The lowest BCUT2D eigenvalue weighted by atomic mass is 10.3. The zero-order valence-corrected chi connectivity index (χ0v) is 12.0. The van der Waals surface area contributed by atoms with E-state index in [-0.39, 0.29) is 0 Å². The van der Waals surface area contributed by atoms with Crippen molar-refractivity contribution < 1.29 is 0 Å². The summed E-state index contributed by atoms with van der Waals surface area (Å²) in [6.45, 7) is 5.37. The van der Waals surface area contributed by atoms with E-state index in [1.807, 2.05) is 6.07 Å². The van der Waals surface area contributed by atoms with Gasteiger partial charge in [0.1, 0.15) is 4.34 Å². The van der Waals surface area contributed by atoms with Crippen LogP contribution in [0.3, 0.4) is 0 Å². The summed E-state index contributed by atoms with van der Waals surface area (Å²) in [5.74, 6) is 0. The quantitative estimate of drug-likeness (QED) is 0.840. The molecule has 15 heavy (non-hydrogen) atoms. The van der Waals surface area contributed by atoms with Gasteiger partial charge in [-0.05, 0) is 48.0 Å². The van der Waals surface area contributed by atoms with Crippen LogP contribution in [0.25, 0.3) is 6.08 Å². The molecule has 4 heteroatoms. The maximum Gasteiger partial charge on any atom is 0.108 e. The lowest BCUT2D eigenvalue weighted by Gasteiger charge is -2.06. The first-order valence-corrected chi connectivity index (χ1v) is 6.98. The van der Waals surface area contributed by atoms with Gasteiger partial charge in [-0.3, -0.25) is 0 Å². The summed E-state index contributed by atoms with van der Waals surface area (Å²) in [6.07, 6.45) is 5.42. The second-order valence-electron chi connectivity index (χ2n) is 3.37. The summed E-state index contributed by atoms with van der Waals surface area (Å²) in [7, 11) is 0. The van der Waals surface area contributed by atoms with Crippen LogP contribution in [0.1, 0.15) is 25.1 Å². The third-order valence-electron chi connectivity index (χ3n) is 1.93. The molecule has 0 aliphatic rings. The normalized spacial score (nSPS) is 13.6. The van der Waals surface area contributed by atoms with Crippen molar-refractivity contribution >= 4 is 44.9 Å². The molecule has 0 aromatic carbocycles. The van der Waals surface area contributed by atoms with Crippen LogP contribution in [0, 0.1) is 0 Å². The highest BCUT2D eigenvalue weighted by Crippen LogP contribution is 2.32. The molecule has 0 fully saturated rings. The maximum absolute atomic E-state index is 5.95. The highest BCUT2D eigenvalue weighted by molar-refractivity contribution is 9.10. The summed E-state index contributed by atoms with van der Waals surface area (Å²) in [5, 5.41) is 3.40. The van der Waals surface area contributed by atoms with E-state index in [1.54, 1.807) is 11.3 Å². The Morgan fingerprint density at radius 1 is 1.67 bits per heavy atom. The number of hydrogen-bond acceptors (Lipinski definition) is 2. The highest BCUT2D eigenvalue weighted by Gasteiger charge is 2.01. The molecule has 0 saturated heterocycles. The van der Waals surface area contributed by atoms with Crippen molar-refractivity contribution in [1.29, 1.82) is 0 Å². The molecule has 0 amide bonds. The molecule has 0 aliphatic carbocycles. The van der Waals surface area contributed by atoms with Crippen molar-refractivity contribution in [3.05, 3.63) is 25.8 Å². The lowest BCUT2D eigenvalue weighted by molar-refractivity contribution is 0.625. The number of nitrogens with one attached hydrogen (secondary N) is 1. The SMILES string of the molecule is CCCNC(C)/C=C/c1cc(Br)c(Cl)s1. The molecule has 0 saturated carbocycles. The van der Waals surface area contributed by atoms with Crippen LogP contribution in [0.5, 0.6) is 0 Å². The molecule has 84 valence electrons. The Hall–Kier alpha value is 0.170. The van der Waals surface area contributed by atoms with Crippen LogP contribution in [0.2, 0.25) is 4.34 Å². The van der Waals surface area contributed by atoms with Crippen LogP contribution in [0.15, 0.2) is 16.6 Å². The molecule has 1 nitrogen and oxygen atoms in total. The van der Waals surface area contributed by atoms with Gasteiger partial charge in [0.2, 0.25) is 0 Å². The van der Waals surface area contributed by atoms with Crippen LogP contribution in [-0.2, 0) is 0 Å². The first-order chi connectivity index (χ1) is 7.13. The standard InChI is InChI=1S/C11H15BrClNS/c1-3-6-14-8(2)4-5-9-7-10(12)11(13)15-9/h4-5,7-8,14H,3,6H2,1-2H3/b5-4+. The van der Waals surface area contributed by atoms with Crippen molar-refractivity contribution in [2.45, 2.75) is 26.3 Å². The van der Waals surface area contributed by atoms with Gasteiger partial charge in [-0.1, -0.05) is 24.6 Å². The Bertz CT molecular complexity index is 316. The van der Waals surface area contributed by atoms with Gasteiger partial charge < -0.3 is 5.32 Å². The van der Waals surface area contributed by atoms with Crippen LogP contribution >= 0.6 is 38.9 Å². The van der Waals surface area contributed by atoms with Gasteiger partial charge in [0.25, 0.3) is 0 Å². The minimum Gasteiger partial charge on any atom is -0.311 e. The molecule has 1 N–H and O–H groups in total. The molecule has 1 rings (SSSR count). The molecule has 1 atom stereocenters. The van der Waals surface area contributed by atoms with E-state index in [2.05, 4.69) is 47.2 Å². The zero-order chi connectivity index (χ0) is 11.3. The van der Waals surface area contributed by atoms with E-state index in [9.17, 15) is 0 Å². The summed E-state index contributed by atoms with van der Waals surface area (Å²) < 4.78 is 1.78. The average molecular weight is 309 g/mol. The van der Waals surface area contributed by atoms with Crippen molar-refractivity contribution in [2.75, 3.05) is 6.54 Å². The second kappa shape index (κ2) is 6.69.